The maximum atomic E-state index is 5.07. The molecule has 0 N–H and O–H groups in total. The fraction of sp³-hybridized carbons (Fsp3) is 0.333. The van der Waals surface area contributed by atoms with E-state index in [-0.39, 0.29) is 0 Å². The monoisotopic (exact) mass is 80.1 g/mol. The van der Waals surface area contributed by atoms with E-state index in [0.29, 0.717) is 12.8 Å². The Labute approximate surface area is 39.9 Å². The second-order valence-corrected chi connectivity index (χ2v) is 0.943. The molecule has 0 spiro atoms. The van der Waals surface area contributed by atoms with E-state index in [0.717, 1.165) is 0 Å². The fourth-order valence-electron chi connectivity index (χ4n) is 0.192. The second kappa shape index (κ2) is 4.74. The molecule has 0 aliphatic carbocycles. The van der Waals surface area contributed by atoms with Crippen LogP contribution in [-0.4, -0.2) is 0 Å². The normalized spacial score (nSPS) is 10.3. The lowest BCUT2D eigenvalue weighted by molar-refractivity contribution is 1.31. The molecule has 0 saturated carbocycles. The number of allylic oxidation sites excluding steroid dienone is 2. The van der Waals surface area contributed by atoms with Crippen molar-refractivity contribution in [2.24, 2.45) is 0 Å². The van der Waals surface area contributed by atoms with Gasteiger partial charge in [-0.05, 0) is 26.7 Å². The van der Waals surface area contributed by atoms with E-state index in [1.54, 1.807) is 0 Å². The Morgan fingerprint density at radius 2 is 1.33 bits per heavy atom. The molecular formula is C6H8. The van der Waals surface area contributed by atoms with Gasteiger partial charge in [0.25, 0.3) is 0 Å². The number of hydrogen-bond acceptors (Lipinski definition) is 0. The average molecular weight is 80.1 g/mol. The van der Waals surface area contributed by atoms with Gasteiger partial charge in [0, 0.05) is 0 Å². The van der Waals surface area contributed by atoms with Crippen LogP contribution < -0.4 is 0 Å². The molecule has 0 amide bonds. The van der Waals surface area contributed by atoms with E-state index in [1.165, 1.54) is 0 Å². The van der Waals surface area contributed by atoms with Crippen molar-refractivity contribution in [2.45, 2.75) is 12.8 Å². The molecule has 4 radical (unpaired) electrons. The average Bonchev–Trinajstić information content (AvgIpc) is 1.61. The maximum absolute atomic E-state index is 5.07. The van der Waals surface area contributed by atoms with Crippen molar-refractivity contribution in [3.05, 3.63) is 26.0 Å². The summed E-state index contributed by atoms with van der Waals surface area (Å²) in [7, 11) is 0. The van der Waals surface area contributed by atoms with Crippen molar-refractivity contribution in [3.63, 3.8) is 0 Å². The molecule has 0 fully saturated rings. The van der Waals surface area contributed by atoms with Gasteiger partial charge in [-0.25, -0.2) is 0 Å². The third-order valence-corrected chi connectivity index (χ3v) is 0.439. The summed E-state index contributed by atoms with van der Waals surface area (Å²) < 4.78 is 0. The SMILES string of the molecule is [CH]C/C=C\C[CH]. The molecule has 0 aromatic heterocycles. The van der Waals surface area contributed by atoms with Gasteiger partial charge in [0.15, 0.2) is 0 Å². The predicted octanol–water partition coefficient (Wildman–Crippen LogP) is 1.74. The van der Waals surface area contributed by atoms with Crippen LogP contribution in [0.15, 0.2) is 12.2 Å². The lowest BCUT2D eigenvalue weighted by Crippen LogP contribution is -1.52. The van der Waals surface area contributed by atoms with Crippen LogP contribution in [0.1, 0.15) is 12.8 Å². The lowest BCUT2D eigenvalue weighted by Gasteiger charge is -1.71. The highest BCUT2D eigenvalue weighted by Gasteiger charge is 1.60. The van der Waals surface area contributed by atoms with Gasteiger partial charge < -0.3 is 0 Å². The van der Waals surface area contributed by atoms with Crippen molar-refractivity contribution in [3.8, 4) is 0 Å². The highest BCUT2D eigenvalue weighted by molar-refractivity contribution is 4.82. The van der Waals surface area contributed by atoms with Gasteiger partial charge in [0.2, 0.25) is 0 Å². The van der Waals surface area contributed by atoms with Crippen LogP contribution in [0.2, 0.25) is 0 Å². The molecule has 32 valence electrons. The minimum absolute atomic E-state index is 0.594. The quantitative estimate of drug-likeness (QED) is 0.443. The van der Waals surface area contributed by atoms with Crippen molar-refractivity contribution < 1.29 is 0 Å². The first-order chi connectivity index (χ1) is 2.91. The van der Waals surface area contributed by atoms with E-state index in [2.05, 4.69) is 0 Å². The Bertz CT molecular complexity index is 29.3. The van der Waals surface area contributed by atoms with Gasteiger partial charge in [-0.1, -0.05) is 12.2 Å². The molecule has 0 aromatic rings. The minimum atomic E-state index is 0.594. The van der Waals surface area contributed by atoms with Crippen LogP contribution >= 0.6 is 0 Å². The standard InChI is InChI=1S/C6H8/c1-3-5-6-4-2/h1-2,5-6H,3-4H2/b6-5-. The highest BCUT2D eigenvalue weighted by Crippen LogP contribution is 1.80. The van der Waals surface area contributed by atoms with E-state index in [9.17, 15) is 0 Å². The zero-order chi connectivity index (χ0) is 4.83. The Balaban J connectivity index is 2.73. The third-order valence-electron chi connectivity index (χ3n) is 0.439. The molecule has 0 aromatic carbocycles. The Kier molecular flexibility index (Phi) is 4.53. The summed E-state index contributed by atoms with van der Waals surface area (Å²) in [6, 6.07) is 0. The summed E-state index contributed by atoms with van der Waals surface area (Å²) in [5, 5.41) is 0. The zero-order valence-electron chi connectivity index (χ0n) is 3.72. The Morgan fingerprint density at radius 1 is 1.00 bits per heavy atom. The molecule has 0 saturated heterocycles. The summed E-state index contributed by atoms with van der Waals surface area (Å²) in [4.78, 5) is 0. The van der Waals surface area contributed by atoms with Crippen molar-refractivity contribution in [1.82, 2.24) is 0 Å². The molecule has 0 unspecified atom stereocenters. The maximum Gasteiger partial charge on any atom is -0.0311 e. The first-order valence-corrected chi connectivity index (χ1v) is 1.97. The first kappa shape index (κ1) is 5.74. The van der Waals surface area contributed by atoms with Gasteiger partial charge in [-0.3, -0.25) is 0 Å². The van der Waals surface area contributed by atoms with Crippen LogP contribution in [0, 0.1) is 13.8 Å². The summed E-state index contributed by atoms with van der Waals surface area (Å²) in [6.07, 6.45) is 4.86. The van der Waals surface area contributed by atoms with Crippen molar-refractivity contribution in [2.75, 3.05) is 0 Å². The van der Waals surface area contributed by atoms with Crippen LogP contribution in [-0.2, 0) is 0 Å². The van der Waals surface area contributed by atoms with Crippen molar-refractivity contribution in [1.29, 1.82) is 0 Å². The fourth-order valence-corrected chi connectivity index (χ4v) is 0.192. The van der Waals surface area contributed by atoms with Crippen molar-refractivity contribution >= 4 is 0 Å². The number of rotatable bonds is 2. The molecule has 0 aliphatic rings. The molecule has 6 heavy (non-hydrogen) atoms. The largest absolute Gasteiger partial charge is 0.0882 e. The highest BCUT2D eigenvalue weighted by atomic mass is 13.7. The Hall–Kier alpha value is -0.260. The van der Waals surface area contributed by atoms with Crippen LogP contribution in [0.5, 0.6) is 0 Å². The Morgan fingerprint density at radius 3 is 1.50 bits per heavy atom. The molecule has 0 atom stereocenters. The summed E-state index contributed by atoms with van der Waals surface area (Å²) in [6.45, 7) is 10.1. The molecule has 0 aliphatic heterocycles. The smallest absolute Gasteiger partial charge is 0.0311 e. The molecule has 0 heterocycles. The van der Waals surface area contributed by atoms with Crippen LogP contribution in [0.3, 0.4) is 0 Å². The van der Waals surface area contributed by atoms with Gasteiger partial charge in [-0.15, -0.1) is 0 Å². The molecule has 0 nitrogen and oxygen atoms in total. The lowest BCUT2D eigenvalue weighted by atomic mass is 10.4. The van der Waals surface area contributed by atoms with E-state index >= 15 is 0 Å². The van der Waals surface area contributed by atoms with Crippen LogP contribution in [0.25, 0.3) is 0 Å². The summed E-state index contributed by atoms with van der Waals surface area (Å²) >= 11 is 0. The molecule has 0 heteroatoms. The van der Waals surface area contributed by atoms with E-state index < -0.39 is 0 Å². The predicted molar refractivity (Wildman–Crippen MR) is 27.0 cm³/mol. The topological polar surface area (TPSA) is 0 Å². The van der Waals surface area contributed by atoms with Gasteiger partial charge in [-0.2, -0.15) is 0 Å². The first-order valence-electron chi connectivity index (χ1n) is 1.97. The zero-order valence-corrected chi connectivity index (χ0v) is 3.72. The molecular weight excluding hydrogens is 72.1 g/mol. The van der Waals surface area contributed by atoms with Gasteiger partial charge >= 0.3 is 0 Å². The molecule has 0 rings (SSSR count). The van der Waals surface area contributed by atoms with Crippen LogP contribution in [0.4, 0.5) is 0 Å². The summed E-state index contributed by atoms with van der Waals surface area (Å²) in [5.74, 6) is 0. The number of hydrogen-bond donors (Lipinski definition) is 0. The van der Waals surface area contributed by atoms with E-state index in [4.69, 9.17) is 13.8 Å². The van der Waals surface area contributed by atoms with Gasteiger partial charge in [0.05, 0.1) is 0 Å². The molecule has 0 bridgehead atoms. The van der Waals surface area contributed by atoms with Gasteiger partial charge in [0.1, 0.15) is 0 Å². The minimum Gasteiger partial charge on any atom is -0.0882 e. The second-order valence-electron chi connectivity index (χ2n) is 0.943. The third kappa shape index (κ3) is 3.74. The summed E-state index contributed by atoms with van der Waals surface area (Å²) in [5.41, 5.74) is 0. The van der Waals surface area contributed by atoms with E-state index in [1.807, 2.05) is 12.2 Å².